The maximum absolute atomic E-state index is 13.0. The van der Waals surface area contributed by atoms with Crippen LogP contribution in [-0.2, 0) is 4.79 Å². The second-order valence-corrected chi connectivity index (χ2v) is 8.71. The third-order valence-corrected chi connectivity index (χ3v) is 6.40. The van der Waals surface area contributed by atoms with Gasteiger partial charge < -0.3 is 25.2 Å². The number of carboxylic acid groups (broad SMARTS) is 1. The summed E-state index contributed by atoms with van der Waals surface area (Å²) in [5.74, 6) is -1.17. The molecule has 0 unspecified atom stereocenters. The van der Waals surface area contributed by atoms with Gasteiger partial charge in [-0.1, -0.05) is 24.3 Å². The Bertz CT molecular complexity index is 1390. The molecule has 1 fully saturated rings. The predicted molar refractivity (Wildman–Crippen MR) is 140 cm³/mol. The third kappa shape index (κ3) is 4.69. The quantitative estimate of drug-likeness (QED) is 0.330. The molecule has 0 bridgehead atoms. The number of para-hydroxylation sites is 1. The molecule has 2 aromatic heterocycles. The average molecular weight is 498 g/mol. The van der Waals surface area contributed by atoms with Crippen LogP contribution in [0.4, 0.5) is 5.69 Å². The molecule has 0 aliphatic carbocycles. The van der Waals surface area contributed by atoms with E-state index in [0.29, 0.717) is 10.8 Å². The topological polar surface area (TPSA) is 99.5 Å². The minimum Gasteiger partial charge on any atom is -0.478 e. The van der Waals surface area contributed by atoms with Gasteiger partial charge in [0.25, 0.3) is 0 Å². The summed E-state index contributed by atoms with van der Waals surface area (Å²) in [5, 5.41) is 16.0. The van der Waals surface area contributed by atoms with Crippen molar-refractivity contribution in [2.24, 2.45) is 0 Å². The number of carboxylic acids is 1. The summed E-state index contributed by atoms with van der Waals surface area (Å²) in [6.45, 7) is 0.0395. The SMILES string of the molecule is O=C(CN1C(=S)N[C@H](c2ccccn2)[C@@H]1c1cccn1-c1ccc(C(=O)O)cc1)Nc1ccccc1. The first kappa shape index (κ1) is 23.3. The van der Waals surface area contributed by atoms with E-state index in [-0.39, 0.29) is 30.1 Å². The molecule has 0 radical (unpaired) electrons. The summed E-state index contributed by atoms with van der Waals surface area (Å²) in [4.78, 5) is 30.7. The Kier molecular flexibility index (Phi) is 6.46. The van der Waals surface area contributed by atoms with Crippen molar-refractivity contribution in [2.75, 3.05) is 11.9 Å². The highest BCUT2D eigenvalue weighted by molar-refractivity contribution is 7.80. The zero-order valence-corrected chi connectivity index (χ0v) is 19.9. The first-order chi connectivity index (χ1) is 17.5. The minimum absolute atomic E-state index is 0.0395. The minimum atomic E-state index is -0.981. The number of amides is 1. The molecule has 1 saturated heterocycles. The molecule has 3 N–H and O–H groups in total. The van der Waals surface area contributed by atoms with Gasteiger partial charge in [0.1, 0.15) is 6.54 Å². The molecule has 3 heterocycles. The number of rotatable bonds is 7. The molecule has 1 aliphatic rings. The fraction of sp³-hybridized carbons (Fsp3) is 0.111. The highest BCUT2D eigenvalue weighted by atomic mass is 32.1. The van der Waals surface area contributed by atoms with Gasteiger partial charge in [-0.15, -0.1) is 0 Å². The molecule has 0 saturated carbocycles. The number of nitrogens with zero attached hydrogens (tertiary/aromatic N) is 3. The summed E-state index contributed by atoms with van der Waals surface area (Å²) in [6, 6.07) is 24.9. The van der Waals surface area contributed by atoms with E-state index in [4.69, 9.17) is 12.2 Å². The largest absolute Gasteiger partial charge is 0.478 e. The predicted octanol–water partition coefficient (Wildman–Crippen LogP) is 4.18. The van der Waals surface area contributed by atoms with E-state index in [9.17, 15) is 14.7 Å². The first-order valence-corrected chi connectivity index (χ1v) is 11.8. The first-order valence-electron chi connectivity index (χ1n) is 11.4. The van der Waals surface area contributed by atoms with Crippen molar-refractivity contribution in [3.05, 3.63) is 114 Å². The molecule has 1 amide bonds. The number of carbonyl (C=O) groups is 2. The van der Waals surface area contributed by atoms with E-state index in [1.165, 1.54) is 0 Å². The average Bonchev–Trinajstić information content (AvgIpc) is 3.50. The van der Waals surface area contributed by atoms with Crippen molar-refractivity contribution in [2.45, 2.75) is 12.1 Å². The number of nitrogens with one attached hydrogen (secondary N) is 2. The van der Waals surface area contributed by atoms with Crippen LogP contribution in [0.25, 0.3) is 5.69 Å². The van der Waals surface area contributed by atoms with Crippen molar-refractivity contribution in [1.29, 1.82) is 0 Å². The summed E-state index contributed by atoms with van der Waals surface area (Å²) in [6.07, 6.45) is 3.63. The van der Waals surface area contributed by atoms with Crippen molar-refractivity contribution >= 4 is 34.9 Å². The maximum atomic E-state index is 13.0. The lowest BCUT2D eigenvalue weighted by Crippen LogP contribution is -2.37. The van der Waals surface area contributed by atoms with Crippen molar-refractivity contribution in [1.82, 2.24) is 19.8 Å². The molecule has 1 aliphatic heterocycles. The van der Waals surface area contributed by atoms with E-state index in [1.54, 1.807) is 30.5 Å². The van der Waals surface area contributed by atoms with Gasteiger partial charge >= 0.3 is 5.97 Å². The van der Waals surface area contributed by atoms with Gasteiger partial charge in [0.2, 0.25) is 5.91 Å². The van der Waals surface area contributed by atoms with Crippen LogP contribution in [0.5, 0.6) is 0 Å². The molecule has 8 nitrogen and oxygen atoms in total. The van der Waals surface area contributed by atoms with Crippen molar-refractivity contribution in [3.63, 3.8) is 0 Å². The summed E-state index contributed by atoms with van der Waals surface area (Å²) in [5.41, 5.74) is 3.40. The number of aromatic nitrogens is 2. The van der Waals surface area contributed by atoms with Gasteiger partial charge in [0.05, 0.1) is 23.3 Å². The van der Waals surface area contributed by atoms with Crippen molar-refractivity contribution < 1.29 is 14.7 Å². The smallest absolute Gasteiger partial charge is 0.335 e. The number of carbonyl (C=O) groups excluding carboxylic acids is 1. The molecular formula is C27H23N5O3S. The molecular weight excluding hydrogens is 474 g/mol. The van der Waals surface area contributed by atoms with E-state index in [2.05, 4.69) is 15.6 Å². The van der Waals surface area contributed by atoms with Gasteiger partial charge in [-0.2, -0.15) is 0 Å². The lowest BCUT2D eigenvalue weighted by atomic mass is 10.0. The van der Waals surface area contributed by atoms with E-state index >= 15 is 0 Å². The Morgan fingerprint density at radius 3 is 2.42 bits per heavy atom. The van der Waals surface area contributed by atoms with Crippen LogP contribution in [0.1, 0.15) is 33.8 Å². The third-order valence-electron chi connectivity index (χ3n) is 6.05. The van der Waals surface area contributed by atoms with E-state index in [0.717, 1.165) is 17.1 Å². The molecule has 4 aromatic rings. The normalized spacial score (nSPS) is 17.0. The molecule has 9 heteroatoms. The van der Waals surface area contributed by atoms with Crippen LogP contribution in [0.3, 0.4) is 0 Å². The van der Waals surface area contributed by atoms with Gasteiger partial charge in [-0.3, -0.25) is 9.78 Å². The van der Waals surface area contributed by atoms with Crippen LogP contribution in [-0.4, -0.2) is 43.1 Å². The summed E-state index contributed by atoms with van der Waals surface area (Å²) >= 11 is 5.69. The Morgan fingerprint density at radius 1 is 0.972 bits per heavy atom. The second kappa shape index (κ2) is 10.0. The van der Waals surface area contributed by atoms with Gasteiger partial charge in [-0.25, -0.2) is 4.79 Å². The van der Waals surface area contributed by atoms with Gasteiger partial charge in [-0.05, 0) is 72.9 Å². The van der Waals surface area contributed by atoms with Crippen LogP contribution in [0.2, 0.25) is 0 Å². The Balaban J connectivity index is 1.51. The maximum Gasteiger partial charge on any atom is 0.335 e. The van der Waals surface area contributed by atoms with Crippen molar-refractivity contribution in [3.8, 4) is 5.69 Å². The number of thiocarbonyl (C=S) groups is 1. The number of aromatic carboxylic acids is 1. The highest BCUT2D eigenvalue weighted by Gasteiger charge is 2.42. The Morgan fingerprint density at radius 2 is 1.72 bits per heavy atom. The fourth-order valence-electron chi connectivity index (χ4n) is 4.41. The highest BCUT2D eigenvalue weighted by Crippen LogP contribution is 2.39. The number of anilines is 1. The lowest BCUT2D eigenvalue weighted by molar-refractivity contribution is -0.116. The molecule has 0 spiro atoms. The van der Waals surface area contributed by atoms with Crippen LogP contribution in [0.15, 0.2) is 97.3 Å². The van der Waals surface area contributed by atoms with Crippen LogP contribution >= 0.6 is 12.2 Å². The number of hydrogen-bond acceptors (Lipinski definition) is 4. The monoisotopic (exact) mass is 497 g/mol. The van der Waals surface area contributed by atoms with E-state index < -0.39 is 5.97 Å². The number of pyridine rings is 1. The lowest BCUT2D eigenvalue weighted by Gasteiger charge is -2.28. The molecule has 2 atom stereocenters. The fourth-order valence-corrected chi connectivity index (χ4v) is 4.71. The molecule has 180 valence electrons. The molecule has 36 heavy (non-hydrogen) atoms. The zero-order valence-electron chi connectivity index (χ0n) is 19.1. The summed E-state index contributed by atoms with van der Waals surface area (Å²) < 4.78 is 1.98. The van der Waals surface area contributed by atoms with Crippen LogP contribution < -0.4 is 10.6 Å². The Labute approximate surface area is 213 Å². The second-order valence-electron chi connectivity index (χ2n) is 8.32. The zero-order chi connectivity index (χ0) is 25.1. The van der Waals surface area contributed by atoms with Gasteiger partial charge in [0.15, 0.2) is 5.11 Å². The number of hydrogen-bond donors (Lipinski definition) is 3. The van der Waals surface area contributed by atoms with Crippen LogP contribution in [0, 0.1) is 0 Å². The number of benzene rings is 2. The van der Waals surface area contributed by atoms with E-state index in [1.807, 2.05) is 76.3 Å². The molecule has 2 aromatic carbocycles. The standard InChI is InChI=1S/C27H23N5O3S/c33-23(29-19-7-2-1-3-8-19)17-32-25(24(30-27(32)36)21-9-4-5-15-28-21)22-10-6-16-31(22)20-13-11-18(12-14-20)26(34)35/h1-16,24-25H,17H2,(H,29,33)(H,30,36)(H,34,35)/t24-,25+/m1/s1. The Hall–Kier alpha value is -4.50. The molecule has 5 rings (SSSR count). The van der Waals surface area contributed by atoms with Gasteiger partial charge in [0, 0.05) is 29.5 Å². The summed E-state index contributed by atoms with van der Waals surface area (Å²) in [7, 11) is 0.